The molecule has 6 heteroatoms. The molecule has 0 bridgehead atoms. The van der Waals surface area contributed by atoms with Crippen LogP contribution in [0.1, 0.15) is 37.3 Å². The van der Waals surface area contributed by atoms with Gasteiger partial charge in [0.15, 0.2) is 0 Å². The first-order valence-corrected chi connectivity index (χ1v) is 3.49. The monoisotopic (exact) mass is 178 g/mol. The fraction of sp³-hybridized carbons (Fsp3) is 0.571. The van der Waals surface area contributed by atoms with Crippen LogP contribution in [-0.4, -0.2) is 40.1 Å². The molecule has 0 amide bonds. The van der Waals surface area contributed by atoms with Crippen LogP contribution in [0, 0.1) is 0 Å². The second kappa shape index (κ2) is 3.94. The number of rotatable bonds is 1. The average Bonchev–Trinajstić information content (AvgIpc) is 2.30. The third kappa shape index (κ3) is 2.87. The third-order valence-corrected chi connectivity index (χ3v) is 1.26. The molecule has 0 saturated heterocycles. The summed E-state index contributed by atoms with van der Waals surface area (Å²) in [7, 11) is 0. The molecule has 0 aliphatic carbocycles. The zero-order valence-corrected chi connectivity index (χ0v) is 7.16. The van der Waals surface area contributed by atoms with Crippen molar-refractivity contribution in [1.29, 1.82) is 0 Å². The number of nitrogens with zero attached hydrogens (tertiary/aromatic N) is 2. The summed E-state index contributed by atoms with van der Waals surface area (Å²) in [6, 6.07) is 0. The van der Waals surface area contributed by atoms with E-state index in [1.54, 1.807) is 0 Å². The van der Waals surface area contributed by atoms with Crippen molar-refractivity contribution in [3.63, 3.8) is 0 Å². The van der Waals surface area contributed by atoms with Gasteiger partial charge in [0.2, 0.25) is 5.89 Å². The van der Waals surface area contributed by atoms with E-state index in [1.165, 1.54) is 0 Å². The van der Waals surface area contributed by atoms with E-state index >= 15 is 0 Å². The van der Waals surface area contributed by atoms with E-state index in [0.717, 1.165) is 0 Å². The molecule has 68 valence electrons. The van der Waals surface area contributed by atoms with Gasteiger partial charge in [0.1, 0.15) is 0 Å². The molecule has 0 radical (unpaired) electrons. The van der Waals surface area contributed by atoms with Crippen LogP contribution in [0.25, 0.3) is 0 Å². The Hall–Kier alpha value is -0.793. The zero-order chi connectivity index (χ0) is 9.35. The van der Waals surface area contributed by atoms with Crippen molar-refractivity contribution < 1.29 is 14.4 Å². The van der Waals surface area contributed by atoms with Gasteiger partial charge in [0, 0.05) is 5.41 Å². The van der Waals surface area contributed by atoms with Crippen LogP contribution in [-0.2, 0) is 5.41 Å². The molecule has 1 rings (SSSR count). The molecular formula is C7H11LiN2O3. The van der Waals surface area contributed by atoms with Gasteiger partial charge in [-0.05, 0) is 5.16 Å². The number of carboxylic acid groups (broad SMARTS) is 1. The van der Waals surface area contributed by atoms with Crippen molar-refractivity contribution >= 4 is 24.8 Å². The van der Waals surface area contributed by atoms with Gasteiger partial charge in [-0.3, -0.25) is 0 Å². The summed E-state index contributed by atoms with van der Waals surface area (Å²) in [5.74, 6) is -1.13. The first-order chi connectivity index (χ1) is 5.41. The van der Waals surface area contributed by atoms with Crippen molar-refractivity contribution in [2.45, 2.75) is 26.2 Å². The van der Waals surface area contributed by atoms with E-state index in [-0.39, 0.29) is 30.1 Å². The minimum absolute atomic E-state index is 0. The standard InChI is InChI=1S/C7H10N2O3.Li.H/c1-7(2,3)6-8-4(5(10)11)9-12-6;;/h1-3H3,(H,10,11);;. The minimum atomic E-state index is -1.17. The van der Waals surface area contributed by atoms with Crippen LogP contribution in [0.5, 0.6) is 0 Å². The van der Waals surface area contributed by atoms with Crippen LogP contribution >= 0.6 is 0 Å². The summed E-state index contributed by atoms with van der Waals surface area (Å²) < 4.78 is 4.75. The van der Waals surface area contributed by atoms with Crippen LogP contribution in [0.4, 0.5) is 0 Å². The maximum absolute atomic E-state index is 10.4. The Labute approximate surface area is 87.7 Å². The topological polar surface area (TPSA) is 76.2 Å². The van der Waals surface area contributed by atoms with E-state index in [0.29, 0.717) is 5.89 Å². The summed E-state index contributed by atoms with van der Waals surface area (Å²) in [6.07, 6.45) is 0. The molecule has 1 N–H and O–H groups in total. The van der Waals surface area contributed by atoms with E-state index in [1.807, 2.05) is 20.8 Å². The summed E-state index contributed by atoms with van der Waals surface area (Å²) in [5, 5.41) is 11.8. The molecule has 1 aromatic heterocycles. The van der Waals surface area contributed by atoms with Gasteiger partial charge < -0.3 is 9.63 Å². The predicted molar refractivity (Wildman–Crippen MR) is 47.1 cm³/mol. The first-order valence-electron chi connectivity index (χ1n) is 3.49. The predicted octanol–water partition coefficient (Wildman–Crippen LogP) is 0.417. The molecule has 0 atom stereocenters. The molecule has 0 fully saturated rings. The Bertz CT molecular complexity index is 303. The molecular weight excluding hydrogens is 167 g/mol. The first kappa shape index (κ1) is 12.2. The maximum atomic E-state index is 10.4. The van der Waals surface area contributed by atoms with E-state index in [2.05, 4.69) is 10.1 Å². The number of aromatic carboxylic acids is 1. The quantitative estimate of drug-likeness (QED) is 0.630. The molecule has 13 heavy (non-hydrogen) atoms. The molecule has 0 unspecified atom stereocenters. The molecule has 1 aromatic rings. The van der Waals surface area contributed by atoms with Gasteiger partial charge in [-0.2, -0.15) is 4.98 Å². The second-order valence-electron chi connectivity index (χ2n) is 3.48. The number of hydrogen-bond acceptors (Lipinski definition) is 4. The van der Waals surface area contributed by atoms with Crippen molar-refractivity contribution in [2.24, 2.45) is 0 Å². The van der Waals surface area contributed by atoms with Crippen LogP contribution in [0.3, 0.4) is 0 Å². The summed E-state index contributed by atoms with van der Waals surface area (Å²) >= 11 is 0. The van der Waals surface area contributed by atoms with Gasteiger partial charge in [0.05, 0.1) is 0 Å². The molecule has 0 spiro atoms. The van der Waals surface area contributed by atoms with E-state index < -0.39 is 5.97 Å². The number of aromatic nitrogens is 2. The molecule has 0 aromatic carbocycles. The Morgan fingerprint density at radius 2 is 2.00 bits per heavy atom. The fourth-order valence-electron chi connectivity index (χ4n) is 0.615. The SMILES string of the molecule is CC(C)(C)c1nc(C(=O)O)no1.[LiH]. The van der Waals surface area contributed by atoms with Crippen molar-refractivity contribution in [2.75, 3.05) is 0 Å². The average molecular weight is 178 g/mol. The zero-order valence-electron chi connectivity index (χ0n) is 7.16. The Kier molecular flexibility index (Phi) is 3.70. The molecule has 0 aliphatic rings. The number of carboxylic acids is 1. The molecule has 5 nitrogen and oxygen atoms in total. The van der Waals surface area contributed by atoms with Gasteiger partial charge >= 0.3 is 24.8 Å². The molecule has 0 saturated carbocycles. The summed E-state index contributed by atoms with van der Waals surface area (Å²) in [6.45, 7) is 5.60. The summed E-state index contributed by atoms with van der Waals surface area (Å²) in [5.41, 5.74) is -0.305. The molecule has 1 heterocycles. The van der Waals surface area contributed by atoms with Crippen molar-refractivity contribution in [3.8, 4) is 0 Å². The van der Waals surface area contributed by atoms with E-state index in [4.69, 9.17) is 9.63 Å². The van der Waals surface area contributed by atoms with Gasteiger partial charge in [-0.15, -0.1) is 0 Å². The van der Waals surface area contributed by atoms with Crippen LogP contribution in [0.15, 0.2) is 4.52 Å². The van der Waals surface area contributed by atoms with Gasteiger partial charge in [-0.25, -0.2) is 4.79 Å². The fourth-order valence-corrected chi connectivity index (χ4v) is 0.615. The normalized spacial score (nSPS) is 10.7. The van der Waals surface area contributed by atoms with Crippen molar-refractivity contribution in [1.82, 2.24) is 10.1 Å². The van der Waals surface area contributed by atoms with Gasteiger partial charge in [0.25, 0.3) is 5.82 Å². The molecule has 0 aliphatic heterocycles. The number of carbonyl (C=O) groups is 1. The summed E-state index contributed by atoms with van der Waals surface area (Å²) in [4.78, 5) is 14.1. The third-order valence-electron chi connectivity index (χ3n) is 1.26. The Morgan fingerprint density at radius 3 is 2.23 bits per heavy atom. The second-order valence-corrected chi connectivity index (χ2v) is 3.48. The van der Waals surface area contributed by atoms with Gasteiger partial charge in [-0.1, -0.05) is 20.8 Å². The van der Waals surface area contributed by atoms with Crippen LogP contribution < -0.4 is 0 Å². The van der Waals surface area contributed by atoms with Crippen LogP contribution in [0.2, 0.25) is 0 Å². The van der Waals surface area contributed by atoms with E-state index in [9.17, 15) is 4.79 Å². The van der Waals surface area contributed by atoms with Crippen molar-refractivity contribution in [3.05, 3.63) is 11.7 Å². The Morgan fingerprint density at radius 1 is 1.46 bits per heavy atom. The Balaban J connectivity index is 0.00000144. The number of hydrogen-bond donors (Lipinski definition) is 1.